The summed E-state index contributed by atoms with van der Waals surface area (Å²) in [5, 5.41) is 3.67. The van der Waals surface area contributed by atoms with Crippen molar-refractivity contribution in [3.05, 3.63) is 47.4 Å². The van der Waals surface area contributed by atoms with Gasteiger partial charge in [-0.3, -0.25) is 9.78 Å². The molecule has 0 spiro atoms. The molecule has 4 heteroatoms. The molecule has 0 aliphatic heterocycles. The molecule has 0 aliphatic rings. The lowest BCUT2D eigenvalue weighted by atomic mass is 9.75. The van der Waals surface area contributed by atoms with E-state index in [2.05, 4.69) is 44.9 Å². The van der Waals surface area contributed by atoms with Crippen LogP contribution in [0.2, 0.25) is 0 Å². The van der Waals surface area contributed by atoms with Gasteiger partial charge >= 0.3 is 0 Å². The van der Waals surface area contributed by atoms with Crippen molar-refractivity contribution < 1.29 is 9.18 Å². The van der Waals surface area contributed by atoms with Crippen molar-refractivity contribution in [1.82, 2.24) is 4.98 Å². The predicted octanol–water partition coefficient (Wildman–Crippen LogP) is 6.11. The Hall–Kier alpha value is -2.23. The number of nitrogens with zero attached hydrogens (tertiary/aromatic N) is 1. The van der Waals surface area contributed by atoms with Crippen LogP contribution < -0.4 is 5.32 Å². The summed E-state index contributed by atoms with van der Waals surface area (Å²) in [6, 6.07) is 6.59. The summed E-state index contributed by atoms with van der Waals surface area (Å²) in [5.74, 6) is 0.0214. The number of hydrogen-bond acceptors (Lipinski definition) is 2. The zero-order valence-electron chi connectivity index (χ0n) is 16.6. The molecule has 2 rings (SSSR count). The number of benzene rings is 1. The van der Waals surface area contributed by atoms with Gasteiger partial charge in [-0.05, 0) is 51.7 Å². The summed E-state index contributed by atoms with van der Waals surface area (Å²) >= 11 is 0. The van der Waals surface area contributed by atoms with Gasteiger partial charge in [0.15, 0.2) is 0 Å². The lowest BCUT2D eigenvalue weighted by Gasteiger charge is -2.31. The van der Waals surface area contributed by atoms with E-state index in [1.165, 1.54) is 23.4 Å². The number of fused-ring (bicyclic) bond motifs is 1. The molecule has 26 heavy (non-hydrogen) atoms. The Morgan fingerprint density at radius 2 is 1.96 bits per heavy atom. The molecule has 0 bridgehead atoms. The molecule has 0 aliphatic carbocycles. The Morgan fingerprint density at radius 1 is 1.27 bits per heavy atom. The molecule has 1 aromatic heterocycles. The van der Waals surface area contributed by atoms with Gasteiger partial charge in [0.25, 0.3) is 0 Å². The van der Waals surface area contributed by atoms with Gasteiger partial charge in [-0.25, -0.2) is 4.39 Å². The summed E-state index contributed by atoms with van der Waals surface area (Å²) in [4.78, 5) is 17.3. The quantitative estimate of drug-likeness (QED) is 0.634. The summed E-state index contributed by atoms with van der Waals surface area (Å²) in [6.07, 6.45) is 3.03. The fraction of sp³-hybridized carbons (Fsp3) is 0.455. The Balaban J connectivity index is 2.30. The lowest BCUT2D eigenvalue weighted by molar-refractivity contribution is -0.125. The van der Waals surface area contributed by atoms with E-state index in [0.29, 0.717) is 22.5 Å². The van der Waals surface area contributed by atoms with Crippen LogP contribution in [0.25, 0.3) is 10.9 Å². The van der Waals surface area contributed by atoms with E-state index >= 15 is 0 Å². The number of amides is 1. The molecule has 0 saturated carbocycles. The van der Waals surface area contributed by atoms with Crippen molar-refractivity contribution >= 4 is 22.5 Å². The minimum atomic E-state index is -0.508. The number of aromatic nitrogens is 1. The summed E-state index contributed by atoms with van der Waals surface area (Å²) < 4.78 is 13.8. The number of hydrogen-bond donors (Lipinski definition) is 1. The van der Waals surface area contributed by atoms with Gasteiger partial charge in [0.1, 0.15) is 11.3 Å². The highest BCUT2D eigenvalue weighted by atomic mass is 19.1. The molecular formula is C22H29FN2O. The zero-order chi connectivity index (χ0) is 19.5. The van der Waals surface area contributed by atoms with E-state index in [0.717, 1.165) is 12.8 Å². The molecule has 2 aromatic rings. The predicted molar refractivity (Wildman–Crippen MR) is 107 cm³/mol. The minimum absolute atomic E-state index is 0.0237. The highest BCUT2D eigenvalue weighted by Crippen LogP contribution is 2.35. The molecule has 0 fully saturated rings. The van der Waals surface area contributed by atoms with Gasteiger partial charge in [0, 0.05) is 5.39 Å². The molecule has 1 N–H and O–H groups in total. The van der Waals surface area contributed by atoms with Crippen molar-refractivity contribution in [2.45, 2.75) is 54.4 Å². The first kappa shape index (κ1) is 20.1. The van der Waals surface area contributed by atoms with Crippen LogP contribution in [0.15, 0.2) is 41.6 Å². The first-order valence-corrected chi connectivity index (χ1v) is 9.11. The van der Waals surface area contributed by atoms with Gasteiger partial charge in [-0.1, -0.05) is 44.1 Å². The normalized spacial score (nSPS) is 13.5. The van der Waals surface area contributed by atoms with Crippen LogP contribution >= 0.6 is 0 Å². The highest BCUT2D eigenvalue weighted by Gasteiger charge is 2.34. The summed E-state index contributed by atoms with van der Waals surface area (Å²) in [7, 11) is 0. The van der Waals surface area contributed by atoms with Gasteiger partial charge in [0.05, 0.1) is 17.3 Å². The van der Waals surface area contributed by atoms with Crippen LogP contribution in [0.3, 0.4) is 0 Å². The lowest BCUT2D eigenvalue weighted by Crippen LogP contribution is -2.35. The molecule has 1 aromatic carbocycles. The maximum atomic E-state index is 13.8. The van der Waals surface area contributed by atoms with E-state index < -0.39 is 5.41 Å². The van der Waals surface area contributed by atoms with E-state index in [1.54, 1.807) is 18.2 Å². The second-order valence-electron chi connectivity index (χ2n) is 8.11. The highest BCUT2D eigenvalue weighted by molar-refractivity contribution is 5.96. The molecule has 1 unspecified atom stereocenters. The van der Waals surface area contributed by atoms with Crippen molar-refractivity contribution in [3.8, 4) is 0 Å². The second kappa shape index (κ2) is 7.98. The van der Waals surface area contributed by atoms with E-state index in [1.807, 2.05) is 6.92 Å². The number of halogens is 1. The smallest absolute Gasteiger partial charge is 0.230 e. The summed E-state index contributed by atoms with van der Waals surface area (Å²) in [5.41, 5.74) is 2.89. The fourth-order valence-corrected chi connectivity index (χ4v) is 3.38. The van der Waals surface area contributed by atoms with Gasteiger partial charge in [-0.2, -0.15) is 0 Å². The third-order valence-electron chi connectivity index (χ3n) is 4.84. The van der Waals surface area contributed by atoms with Crippen LogP contribution in [-0.2, 0) is 4.79 Å². The Kier molecular flexibility index (Phi) is 6.17. The largest absolute Gasteiger partial charge is 0.324 e. The molecule has 0 radical (unpaired) electrons. The molecule has 3 nitrogen and oxygen atoms in total. The van der Waals surface area contributed by atoms with Crippen LogP contribution in [0, 0.1) is 17.2 Å². The molecule has 1 amide bonds. The Bertz CT molecular complexity index is 837. The third-order valence-corrected chi connectivity index (χ3v) is 4.84. The van der Waals surface area contributed by atoms with Crippen molar-refractivity contribution in [1.29, 1.82) is 0 Å². The Labute approximate surface area is 155 Å². The third kappa shape index (κ3) is 4.69. The average Bonchev–Trinajstić information content (AvgIpc) is 2.54. The number of rotatable bonds is 6. The number of pyridine rings is 1. The number of para-hydroxylation sites is 1. The topological polar surface area (TPSA) is 42.0 Å². The van der Waals surface area contributed by atoms with Gasteiger partial charge in [0.2, 0.25) is 5.91 Å². The fourth-order valence-electron chi connectivity index (χ4n) is 3.38. The van der Waals surface area contributed by atoms with E-state index in [4.69, 9.17) is 0 Å². The molecule has 0 saturated heterocycles. The molecule has 140 valence electrons. The molecule has 1 atom stereocenters. The minimum Gasteiger partial charge on any atom is -0.324 e. The molecular weight excluding hydrogens is 327 g/mol. The average molecular weight is 356 g/mol. The van der Waals surface area contributed by atoms with Crippen LogP contribution in [0.1, 0.15) is 54.4 Å². The number of nitrogens with one attached hydrogen (secondary N) is 1. The second-order valence-corrected chi connectivity index (χ2v) is 8.11. The molecule has 1 heterocycles. The number of anilines is 1. The number of carbonyl (C=O) groups excluding carboxylic acids is 1. The van der Waals surface area contributed by atoms with Gasteiger partial charge < -0.3 is 5.32 Å². The number of carbonyl (C=O) groups is 1. The van der Waals surface area contributed by atoms with E-state index in [-0.39, 0.29) is 11.7 Å². The monoisotopic (exact) mass is 356 g/mol. The Morgan fingerprint density at radius 3 is 2.58 bits per heavy atom. The van der Waals surface area contributed by atoms with Crippen LogP contribution in [0.4, 0.5) is 10.1 Å². The first-order valence-electron chi connectivity index (χ1n) is 9.11. The van der Waals surface area contributed by atoms with Crippen molar-refractivity contribution in [3.63, 3.8) is 0 Å². The number of allylic oxidation sites excluding steroid dienone is 2. The zero-order valence-corrected chi connectivity index (χ0v) is 16.6. The maximum Gasteiger partial charge on any atom is 0.230 e. The first-order chi connectivity index (χ1) is 12.1. The van der Waals surface area contributed by atoms with Crippen molar-refractivity contribution in [2.75, 3.05) is 5.32 Å². The van der Waals surface area contributed by atoms with E-state index in [9.17, 15) is 9.18 Å². The SMILES string of the molecule is CC(C)=C(C)CC(C)(CC(C)C)C(=O)Nc1cnc2c(F)cccc2c1. The maximum absolute atomic E-state index is 13.8. The van der Waals surface area contributed by atoms with Gasteiger partial charge in [-0.15, -0.1) is 0 Å². The summed E-state index contributed by atoms with van der Waals surface area (Å²) in [6.45, 7) is 12.5. The van der Waals surface area contributed by atoms with Crippen LogP contribution in [-0.4, -0.2) is 10.9 Å². The van der Waals surface area contributed by atoms with Crippen LogP contribution in [0.5, 0.6) is 0 Å². The van der Waals surface area contributed by atoms with Crippen molar-refractivity contribution in [2.24, 2.45) is 11.3 Å². The standard InChI is InChI=1S/C22H29FN2O/c1-14(2)11-22(6,12-16(5)15(3)4)21(26)25-18-10-17-8-7-9-19(23)20(17)24-13-18/h7-10,13-14H,11-12H2,1-6H3,(H,25,26).